The van der Waals surface area contributed by atoms with E-state index in [2.05, 4.69) is 5.32 Å². The van der Waals surface area contributed by atoms with E-state index in [1.807, 2.05) is 32.0 Å². The number of aromatic carboxylic acids is 1. The van der Waals surface area contributed by atoms with E-state index in [1.165, 1.54) is 11.0 Å². The van der Waals surface area contributed by atoms with Crippen LogP contribution in [0, 0.1) is 13.8 Å². The molecule has 0 spiro atoms. The summed E-state index contributed by atoms with van der Waals surface area (Å²) in [6, 6.07) is 10.3. The van der Waals surface area contributed by atoms with E-state index in [0.29, 0.717) is 17.7 Å². The van der Waals surface area contributed by atoms with Crippen molar-refractivity contribution in [3.05, 3.63) is 58.7 Å². The smallest absolute Gasteiger partial charge is 0.325 e. The highest BCUT2D eigenvalue weighted by molar-refractivity contribution is 5.98. The number of fused-ring (bicyclic) bond motifs is 4. The maximum Gasteiger partial charge on any atom is 0.325 e. The van der Waals surface area contributed by atoms with Gasteiger partial charge in [0.15, 0.2) is 5.72 Å². The molecule has 2 aromatic rings. The first kappa shape index (κ1) is 16.4. The molecule has 6 nitrogen and oxygen atoms in total. The minimum atomic E-state index is -1.27. The number of ether oxygens (including phenoxy) is 1. The molecule has 2 aliphatic rings. The van der Waals surface area contributed by atoms with Crippen LogP contribution >= 0.6 is 0 Å². The number of nitrogens with one attached hydrogen (secondary N) is 1. The molecule has 1 N–H and O–H groups in total. The molecule has 2 heterocycles. The van der Waals surface area contributed by atoms with E-state index < -0.39 is 11.7 Å². The van der Waals surface area contributed by atoms with Crippen LogP contribution in [0.2, 0.25) is 0 Å². The van der Waals surface area contributed by atoms with Gasteiger partial charge in [0.1, 0.15) is 5.75 Å². The van der Waals surface area contributed by atoms with Gasteiger partial charge in [0.25, 0.3) is 0 Å². The highest BCUT2D eigenvalue weighted by atomic mass is 16.5. The Labute approximate surface area is 151 Å². The topological polar surface area (TPSA) is 81.7 Å². The minimum absolute atomic E-state index is 0.0628. The van der Waals surface area contributed by atoms with Gasteiger partial charge >= 0.3 is 6.03 Å². The monoisotopic (exact) mass is 351 g/mol. The molecular formula is C20H19N2O4-. The first-order valence-corrected chi connectivity index (χ1v) is 8.51. The summed E-state index contributed by atoms with van der Waals surface area (Å²) in [5.41, 5.74) is 2.19. The van der Waals surface area contributed by atoms with E-state index in [4.69, 9.17) is 4.74 Å². The zero-order valence-electron chi connectivity index (χ0n) is 14.8. The molecule has 0 unspecified atom stereocenters. The zero-order chi connectivity index (χ0) is 18.6. The number of anilines is 1. The number of carbonyl (C=O) groups is 2. The lowest BCUT2D eigenvalue weighted by Gasteiger charge is -2.51. The second-order valence-electron chi connectivity index (χ2n) is 7.10. The summed E-state index contributed by atoms with van der Waals surface area (Å²) in [6.45, 7) is 5.52. The summed E-state index contributed by atoms with van der Waals surface area (Å²) >= 11 is 0. The average molecular weight is 351 g/mol. The number of carboxylic acids is 1. The fourth-order valence-electron chi connectivity index (χ4n) is 3.95. The molecule has 6 heteroatoms. The zero-order valence-corrected chi connectivity index (χ0v) is 14.8. The molecule has 26 heavy (non-hydrogen) atoms. The first-order valence-electron chi connectivity index (χ1n) is 8.51. The van der Waals surface area contributed by atoms with Gasteiger partial charge in [0, 0.05) is 17.5 Å². The maximum absolute atomic E-state index is 12.9. The largest absolute Gasteiger partial charge is 0.545 e. The Morgan fingerprint density at radius 3 is 2.81 bits per heavy atom. The third kappa shape index (κ3) is 2.33. The second kappa shape index (κ2) is 5.49. The normalized spacial score (nSPS) is 23.7. The van der Waals surface area contributed by atoms with Gasteiger partial charge in [-0.25, -0.2) is 4.79 Å². The van der Waals surface area contributed by atoms with Crippen LogP contribution < -0.4 is 20.1 Å². The third-order valence-electron chi connectivity index (χ3n) is 5.19. The van der Waals surface area contributed by atoms with Crippen LogP contribution in [0.5, 0.6) is 5.75 Å². The van der Waals surface area contributed by atoms with Crippen LogP contribution in [0.15, 0.2) is 36.4 Å². The van der Waals surface area contributed by atoms with Crippen molar-refractivity contribution in [3.63, 3.8) is 0 Å². The molecule has 0 radical (unpaired) electrons. The van der Waals surface area contributed by atoms with Gasteiger partial charge in [0.05, 0.1) is 17.7 Å². The molecule has 0 saturated carbocycles. The van der Waals surface area contributed by atoms with Crippen LogP contribution in [0.3, 0.4) is 0 Å². The van der Waals surface area contributed by atoms with Crippen LogP contribution in [0.4, 0.5) is 10.5 Å². The molecular weight excluding hydrogens is 332 g/mol. The predicted octanol–water partition coefficient (Wildman–Crippen LogP) is 2.44. The minimum Gasteiger partial charge on any atom is -0.545 e. The second-order valence-corrected chi connectivity index (χ2v) is 7.10. The molecule has 0 aromatic heterocycles. The molecule has 2 aliphatic heterocycles. The van der Waals surface area contributed by atoms with Gasteiger partial charge in [0.2, 0.25) is 0 Å². The molecule has 134 valence electrons. The van der Waals surface area contributed by atoms with Crippen molar-refractivity contribution in [2.75, 3.05) is 4.90 Å². The van der Waals surface area contributed by atoms with Crippen LogP contribution in [-0.2, 0) is 0 Å². The van der Waals surface area contributed by atoms with Crippen molar-refractivity contribution >= 4 is 17.7 Å². The number of rotatable bonds is 2. The van der Waals surface area contributed by atoms with Crippen LogP contribution in [-0.4, -0.2) is 17.7 Å². The Balaban J connectivity index is 1.83. The quantitative estimate of drug-likeness (QED) is 0.901. The lowest BCUT2D eigenvalue weighted by molar-refractivity contribution is -0.255. The fourth-order valence-corrected chi connectivity index (χ4v) is 3.95. The molecule has 4 rings (SSSR count). The predicted molar refractivity (Wildman–Crippen MR) is 94.1 cm³/mol. The lowest BCUT2D eigenvalue weighted by atomic mass is 9.89. The summed E-state index contributed by atoms with van der Waals surface area (Å²) in [6.07, 6.45) is 0.560. The SMILES string of the molecule is Cc1ccc2c(c1)[C@@H]1C[C@](C)(O2)N(c2cccc(C(=O)[O-])c2C)C(=O)N1. The molecule has 1 saturated heterocycles. The number of carboxylic acid groups (broad SMARTS) is 1. The Morgan fingerprint density at radius 1 is 1.31 bits per heavy atom. The van der Waals surface area contributed by atoms with Gasteiger partial charge in [-0.15, -0.1) is 0 Å². The van der Waals surface area contributed by atoms with E-state index in [1.54, 1.807) is 19.1 Å². The van der Waals surface area contributed by atoms with Gasteiger partial charge in [-0.2, -0.15) is 0 Å². The van der Waals surface area contributed by atoms with Gasteiger partial charge in [-0.1, -0.05) is 29.8 Å². The molecule has 2 aromatic carbocycles. The number of urea groups is 1. The van der Waals surface area contributed by atoms with Crippen molar-refractivity contribution in [2.45, 2.75) is 39.0 Å². The average Bonchev–Trinajstić information content (AvgIpc) is 2.56. The Bertz CT molecular complexity index is 939. The number of aryl methyl sites for hydroxylation is 1. The molecule has 0 aliphatic carbocycles. The number of hydrogen-bond donors (Lipinski definition) is 1. The molecule has 2 atom stereocenters. The van der Waals surface area contributed by atoms with Crippen molar-refractivity contribution in [2.24, 2.45) is 0 Å². The summed E-state index contributed by atoms with van der Waals surface area (Å²) in [7, 11) is 0. The number of benzene rings is 2. The summed E-state index contributed by atoms with van der Waals surface area (Å²) in [5.74, 6) is -0.539. The molecule has 2 bridgehead atoms. The summed E-state index contributed by atoms with van der Waals surface area (Å²) < 4.78 is 6.24. The van der Waals surface area contributed by atoms with Crippen molar-refractivity contribution in [1.29, 1.82) is 0 Å². The van der Waals surface area contributed by atoms with E-state index in [-0.39, 0.29) is 17.6 Å². The van der Waals surface area contributed by atoms with Crippen molar-refractivity contribution in [3.8, 4) is 5.75 Å². The first-order chi connectivity index (χ1) is 12.3. The lowest BCUT2D eigenvalue weighted by Crippen LogP contribution is -2.65. The van der Waals surface area contributed by atoms with E-state index in [9.17, 15) is 14.7 Å². The summed E-state index contributed by atoms with van der Waals surface area (Å²) in [5, 5.41) is 14.4. The Morgan fingerprint density at radius 2 is 2.08 bits per heavy atom. The third-order valence-corrected chi connectivity index (χ3v) is 5.19. The van der Waals surface area contributed by atoms with Crippen LogP contribution in [0.25, 0.3) is 0 Å². The number of amides is 2. The highest BCUT2D eigenvalue weighted by Gasteiger charge is 2.50. The maximum atomic E-state index is 12.9. The van der Waals surface area contributed by atoms with Crippen LogP contribution in [0.1, 0.15) is 46.4 Å². The van der Waals surface area contributed by atoms with Crippen molar-refractivity contribution < 1.29 is 19.4 Å². The standard InChI is InChI=1S/C20H20N2O4/c1-11-7-8-17-14(9-11)15-10-20(3,26-17)22(19(25)21-15)16-6-4-5-13(12(16)2)18(23)24/h4-9,15H,10H2,1-3H3,(H,21,25)(H,23,24)/p-1/t15-,20-/m0/s1. The van der Waals surface area contributed by atoms with Gasteiger partial charge in [-0.3, -0.25) is 4.90 Å². The van der Waals surface area contributed by atoms with E-state index >= 15 is 0 Å². The van der Waals surface area contributed by atoms with Gasteiger partial charge in [-0.05, 0) is 38.5 Å². The highest BCUT2D eigenvalue weighted by Crippen LogP contribution is 2.46. The number of carbonyl (C=O) groups excluding carboxylic acids is 2. The molecule has 2 amide bonds. The number of hydrogen-bond acceptors (Lipinski definition) is 4. The van der Waals surface area contributed by atoms with E-state index in [0.717, 1.165) is 16.9 Å². The van der Waals surface area contributed by atoms with Crippen molar-refractivity contribution in [1.82, 2.24) is 5.32 Å². The Hall–Kier alpha value is -3.02. The van der Waals surface area contributed by atoms with Gasteiger partial charge < -0.3 is 20.0 Å². The fraction of sp³-hybridized carbons (Fsp3) is 0.300. The Kier molecular flexibility index (Phi) is 3.47. The number of nitrogens with zero attached hydrogens (tertiary/aromatic N) is 1. The summed E-state index contributed by atoms with van der Waals surface area (Å²) in [4.78, 5) is 25.8. The molecule has 1 fully saturated rings.